The zero-order valence-corrected chi connectivity index (χ0v) is 9.80. The smallest absolute Gasteiger partial charge is 0.159 e. The van der Waals surface area contributed by atoms with Crippen molar-refractivity contribution in [3.05, 3.63) is 30.5 Å². The summed E-state index contributed by atoms with van der Waals surface area (Å²) in [4.78, 5) is 13.2. The molecule has 1 saturated heterocycles. The van der Waals surface area contributed by atoms with E-state index in [2.05, 4.69) is 20.3 Å². The molecule has 0 unspecified atom stereocenters. The summed E-state index contributed by atoms with van der Waals surface area (Å²) in [5.74, 6) is 0.859. The molecule has 88 valence electrons. The van der Waals surface area contributed by atoms with Crippen molar-refractivity contribution in [2.75, 3.05) is 6.54 Å². The van der Waals surface area contributed by atoms with Crippen LogP contribution in [0.2, 0.25) is 0 Å². The summed E-state index contributed by atoms with van der Waals surface area (Å²) in [5.41, 5.74) is 1.85. The highest BCUT2D eigenvalue weighted by atomic mass is 15.1. The van der Waals surface area contributed by atoms with Crippen molar-refractivity contribution in [2.24, 2.45) is 7.05 Å². The lowest BCUT2D eigenvalue weighted by Crippen LogP contribution is -2.15. The number of hydrogen-bond donors (Lipinski definition) is 1. The maximum atomic E-state index is 4.65. The molecule has 1 atom stereocenters. The van der Waals surface area contributed by atoms with E-state index >= 15 is 0 Å². The molecular formula is C12H15N5. The molecule has 5 nitrogen and oxygen atoms in total. The number of nitrogens with one attached hydrogen (secondary N) is 1. The van der Waals surface area contributed by atoms with E-state index < -0.39 is 0 Å². The molecule has 0 radical (unpaired) electrons. The summed E-state index contributed by atoms with van der Waals surface area (Å²) in [6.45, 7) is 1.07. The number of aryl methyl sites for hydroxylation is 1. The third-order valence-electron chi connectivity index (χ3n) is 3.12. The van der Waals surface area contributed by atoms with E-state index in [1.54, 1.807) is 12.4 Å². The first-order valence-electron chi connectivity index (χ1n) is 5.87. The maximum Gasteiger partial charge on any atom is 0.159 e. The summed E-state index contributed by atoms with van der Waals surface area (Å²) >= 11 is 0. The van der Waals surface area contributed by atoms with Crippen LogP contribution in [-0.4, -0.2) is 26.1 Å². The molecule has 1 N–H and O–H groups in total. The fourth-order valence-electron chi connectivity index (χ4n) is 2.21. The monoisotopic (exact) mass is 229 g/mol. The molecule has 3 heterocycles. The summed E-state index contributed by atoms with van der Waals surface area (Å²) in [6, 6.07) is 0.350. The maximum absolute atomic E-state index is 4.65. The normalized spacial score (nSPS) is 19.7. The topological polar surface area (TPSA) is 55.6 Å². The summed E-state index contributed by atoms with van der Waals surface area (Å²) < 4.78 is 1.95. The third kappa shape index (κ3) is 1.93. The van der Waals surface area contributed by atoms with Crippen LogP contribution in [0.15, 0.2) is 24.8 Å². The second-order valence-electron chi connectivity index (χ2n) is 4.34. The first-order valence-corrected chi connectivity index (χ1v) is 5.87. The highest BCUT2D eigenvalue weighted by Crippen LogP contribution is 2.22. The van der Waals surface area contributed by atoms with Gasteiger partial charge in [0.15, 0.2) is 5.82 Å². The quantitative estimate of drug-likeness (QED) is 0.843. The molecule has 17 heavy (non-hydrogen) atoms. The third-order valence-corrected chi connectivity index (χ3v) is 3.12. The van der Waals surface area contributed by atoms with E-state index in [4.69, 9.17) is 0 Å². The van der Waals surface area contributed by atoms with Gasteiger partial charge in [-0.15, -0.1) is 0 Å². The Morgan fingerprint density at radius 1 is 1.41 bits per heavy atom. The van der Waals surface area contributed by atoms with Gasteiger partial charge in [0.2, 0.25) is 0 Å². The minimum absolute atomic E-state index is 0.350. The fraction of sp³-hybridized carbons (Fsp3) is 0.417. The fourth-order valence-corrected chi connectivity index (χ4v) is 2.21. The number of nitrogens with zero attached hydrogens (tertiary/aromatic N) is 4. The zero-order chi connectivity index (χ0) is 11.7. The molecule has 0 aromatic carbocycles. The molecule has 5 heteroatoms. The summed E-state index contributed by atoms with van der Waals surface area (Å²) in [6.07, 6.45) is 9.64. The molecule has 1 aliphatic heterocycles. The van der Waals surface area contributed by atoms with Crippen LogP contribution >= 0.6 is 0 Å². The van der Waals surface area contributed by atoms with E-state index in [0.29, 0.717) is 6.04 Å². The van der Waals surface area contributed by atoms with Crippen LogP contribution in [0.4, 0.5) is 0 Å². The van der Waals surface area contributed by atoms with Crippen molar-refractivity contribution < 1.29 is 0 Å². The van der Waals surface area contributed by atoms with E-state index in [0.717, 1.165) is 30.2 Å². The Hall–Kier alpha value is -1.75. The molecule has 1 aliphatic rings. The number of rotatable bonds is 2. The lowest BCUT2D eigenvalue weighted by molar-refractivity contribution is 0.624. The van der Waals surface area contributed by atoms with Crippen LogP contribution in [0, 0.1) is 0 Å². The largest absolute Gasteiger partial charge is 0.333 e. The lowest BCUT2D eigenvalue weighted by Gasteiger charge is -2.10. The average molecular weight is 229 g/mol. The zero-order valence-electron chi connectivity index (χ0n) is 9.80. The van der Waals surface area contributed by atoms with Crippen LogP contribution in [0.1, 0.15) is 24.6 Å². The van der Waals surface area contributed by atoms with Crippen LogP contribution in [0.25, 0.3) is 11.5 Å². The second-order valence-corrected chi connectivity index (χ2v) is 4.34. The van der Waals surface area contributed by atoms with Crippen LogP contribution < -0.4 is 5.32 Å². The van der Waals surface area contributed by atoms with Gasteiger partial charge in [-0.1, -0.05) is 0 Å². The van der Waals surface area contributed by atoms with Gasteiger partial charge in [0, 0.05) is 19.4 Å². The summed E-state index contributed by atoms with van der Waals surface area (Å²) in [5, 5.41) is 3.43. The minimum Gasteiger partial charge on any atom is -0.333 e. The molecule has 0 saturated carbocycles. The van der Waals surface area contributed by atoms with Gasteiger partial charge in [-0.2, -0.15) is 0 Å². The Kier molecular flexibility index (Phi) is 2.60. The van der Waals surface area contributed by atoms with E-state index in [-0.39, 0.29) is 0 Å². The molecular weight excluding hydrogens is 214 g/mol. The first-order chi connectivity index (χ1) is 8.34. The van der Waals surface area contributed by atoms with Crippen LogP contribution in [0.3, 0.4) is 0 Å². The van der Waals surface area contributed by atoms with Crippen molar-refractivity contribution in [3.8, 4) is 11.5 Å². The molecule has 1 fully saturated rings. The van der Waals surface area contributed by atoms with E-state index in [9.17, 15) is 0 Å². The van der Waals surface area contributed by atoms with Crippen molar-refractivity contribution in [3.63, 3.8) is 0 Å². The van der Waals surface area contributed by atoms with Crippen molar-refractivity contribution >= 4 is 0 Å². The molecule has 3 rings (SSSR count). The summed E-state index contributed by atoms with van der Waals surface area (Å²) in [7, 11) is 1.96. The van der Waals surface area contributed by atoms with Gasteiger partial charge in [0.05, 0.1) is 24.1 Å². The lowest BCUT2D eigenvalue weighted by atomic mass is 10.1. The Morgan fingerprint density at radius 2 is 2.35 bits per heavy atom. The SMILES string of the molecule is Cn1ccnc1-c1cncc([C@@H]2CCCN2)n1. The van der Waals surface area contributed by atoms with Crippen LogP contribution in [-0.2, 0) is 7.05 Å². The Morgan fingerprint density at radius 3 is 3.06 bits per heavy atom. The molecule has 0 amide bonds. The van der Waals surface area contributed by atoms with Gasteiger partial charge in [0.1, 0.15) is 5.69 Å². The van der Waals surface area contributed by atoms with Crippen LogP contribution in [0.5, 0.6) is 0 Å². The molecule has 2 aromatic rings. The van der Waals surface area contributed by atoms with E-state index in [1.807, 2.05) is 24.0 Å². The first kappa shape index (κ1) is 10.4. The Labute approximate surface area is 99.9 Å². The number of hydrogen-bond acceptors (Lipinski definition) is 4. The average Bonchev–Trinajstić information content (AvgIpc) is 2.99. The standard InChI is InChI=1S/C12H15N5/c1-17-6-5-15-12(17)11-8-13-7-10(16-11)9-3-2-4-14-9/h5-9,14H,2-4H2,1H3/t9-/m0/s1. The van der Waals surface area contributed by atoms with Gasteiger partial charge in [-0.25, -0.2) is 9.97 Å². The van der Waals surface area contributed by atoms with Gasteiger partial charge in [-0.3, -0.25) is 4.98 Å². The highest BCUT2D eigenvalue weighted by Gasteiger charge is 2.18. The molecule has 0 bridgehead atoms. The molecule has 2 aromatic heterocycles. The van der Waals surface area contributed by atoms with Crippen molar-refractivity contribution in [1.82, 2.24) is 24.8 Å². The number of aromatic nitrogens is 4. The molecule has 0 spiro atoms. The van der Waals surface area contributed by atoms with E-state index in [1.165, 1.54) is 6.42 Å². The van der Waals surface area contributed by atoms with Crippen molar-refractivity contribution in [1.29, 1.82) is 0 Å². The second kappa shape index (κ2) is 4.25. The predicted molar refractivity (Wildman–Crippen MR) is 64.2 cm³/mol. The van der Waals surface area contributed by atoms with Gasteiger partial charge in [0.25, 0.3) is 0 Å². The minimum atomic E-state index is 0.350. The number of imidazole rings is 1. The van der Waals surface area contributed by atoms with Gasteiger partial charge < -0.3 is 9.88 Å². The Bertz CT molecular complexity index is 513. The Balaban J connectivity index is 1.96. The van der Waals surface area contributed by atoms with Gasteiger partial charge in [-0.05, 0) is 19.4 Å². The van der Waals surface area contributed by atoms with Crippen molar-refractivity contribution in [2.45, 2.75) is 18.9 Å². The highest BCUT2D eigenvalue weighted by molar-refractivity contribution is 5.48. The predicted octanol–water partition coefficient (Wildman–Crippen LogP) is 1.30. The van der Waals surface area contributed by atoms with Gasteiger partial charge >= 0.3 is 0 Å². The molecule has 0 aliphatic carbocycles.